The molecular formula is C23H38N6O2. The number of guanidine groups is 1. The van der Waals surface area contributed by atoms with Crippen LogP contribution in [0.15, 0.2) is 23.2 Å². The van der Waals surface area contributed by atoms with E-state index >= 15 is 0 Å². The molecule has 3 heterocycles. The standard InChI is InChI=1S/C23H38N6O2/c1-7-24-21(25-15-16-9-8-10-20(26-16)28(5)6)27-17-13-18-11-12-19(14-17)29(18)22(30)31-23(2,3)4/h8-10,17-19H,7,11-15H2,1-6H3,(H2,24,25,27). The summed E-state index contributed by atoms with van der Waals surface area (Å²) in [5.41, 5.74) is 0.470. The molecule has 2 aliphatic heterocycles. The number of anilines is 1. The van der Waals surface area contributed by atoms with Gasteiger partial charge in [0.1, 0.15) is 11.4 Å². The topological polar surface area (TPSA) is 82.1 Å². The van der Waals surface area contributed by atoms with E-state index in [-0.39, 0.29) is 24.2 Å². The fourth-order valence-corrected chi connectivity index (χ4v) is 4.39. The van der Waals surface area contributed by atoms with E-state index in [4.69, 9.17) is 9.73 Å². The van der Waals surface area contributed by atoms with Crippen molar-refractivity contribution in [2.24, 2.45) is 4.99 Å². The van der Waals surface area contributed by atoms with Crippen LogP contribution in [0, 0.1) is 0 Å². The SMILES string of the molecule is CCNC(=NCc1cccc(N(C)C)n1)NC1CC2CCC(C1)N2C(=O)OC(C)(C)C. The molecule has 0 radical (unpaired) electrons. The number of nitrogens with zero attached hydrogens (tertiary/aromatic N) is 4. The Hall–Kier alpha value is -2.51. The van der Waals surface area contributed by atoms with Crippen molar-refractivity contribution in [1.82, 2.24) is 20.5 Å². The van der Waals surface area contributed by atoms with E-state index in [2.05, 4.69) is 22.5 Å². The van der Waals surface area contributed by atoms with Gasteiger partial charge in [-0.2, -0.15) is 0 Å². The van der Waals surface area contributed by atoms with E-state index in [1.807, 2.05) is 62.9 Å². The van der Waals surface area contributed by atoms with Crippen LogP contribution in [0.1, 0.15) is 59.1 Å². The maximum atomic E-state index is 12.7. The highest BCUT2D eigenvalue weighted by Crippen LogP contribution is 2.36. The summed E-state index contributed by atoms with van der Waals surface area (Å²) in [7, 11) is 3.97. The van der Waals surface area contributed by atoms with Crippen LogP contribution >= 0.6 is 0 Å². The van der Waals surface area contributed by atoms with Gasteiger partial charge in [0.05, 0.1) is 12.2 Å². The van der Waals surface area contributed by atoms with Crippen molar-refractivity contribution in [3.8, 4) is 0 Å². The Morgan fingerprint density at radius 3 is 2.52 bits per heavy atom. The van der Waals surface area contributed by atoms with Crippen LogP contribution < -0.4 is 15.5 Å². The van der Waals surface area contributed by atoms with Crippen molar-refractivity contribution in [1.29, 1.82) is 0 Å². The van der Waals surface area contributed by atoms with E-state index in [1.165, 1.54) is 0 Å². The highest BCUT2D eigenvalue weighted by molar-refractivity contribution is 5.80. The van der Waals surface area contributed by atoms with Crippen molar-refractivity contribution >= 4 is 17.9 Å². The first-order valence-corrected chi connectivity index (χ1v) is 11.4. The monoisotopic (exact) mass is 430 g/mol. The molecule has 2 fully saturated rings. The number of carbonyl (C=O) groups is 1. The van der Waals surface area contributed by atoms with E-state index in [0.717, 1.165) is 49.7 Å². The number of aliphatic imine (C=N–C) groups is 1. The lowest BCUT2D eigenvalue weighted by Crippen LogP contribution is -2.55. The van der Waals surface area contributed by atoms with Gasteiger partial charge in [-0.3, -0.25) is 0 Å². The maximum absolute atomic E-state index is 12.7. The van der Waals surface area contributed by atoms with E-state index in [1.54, 1.807) is 0 Å². The lowest BCUT2D eigenvalue weighted by molar-refractivity contribution is 0.00545. The summed E-state index contributed by atoms with van der Waals surface area (Å²) >= 11 is 0. The van der Waals surface area contributed by atoms with Gasteiger partial charge in [0.2, 0.25) is 0 Å². The van der Waals surface area contributed by atoms with Crippen LogP contribution in [0.3, 0.4) is 0 Å². The summed E-state index contributed by atoms with van der Waals surface area (Å²) < 4.78 is 5.65. The molecule has 31 heavy (non-hydrogen) atoms. The van der Waals surface area contributed by atoms with Gasteiger partial charge in [-0.1, -0.05) is 6.07 Å². The summed E-state index contributed by atoms with van der Waals surface area (Å²) in [6, 6.07) is 6.75. The van der Waals surface area contributed by atoms with Gasteiger partial charge in [-0.05, 0) is 65.5 Å². The molecular weight excluding hydrogens is 392 g/mol. The normalized spacial score (nSPS) is 23.5. The first-order chi connectivity index (χ1) is 14.7. The number of hydrogen-bond donors (Lipinski definition) is 2. The molecule has 2 atom stereocenters. The molecule has 1 amide bonds. The number of hydrogen-bond acceptors (Lipinski definition) is 5. The molecule has 0 aromatic carbocycles. The molecule has 2 N–H and O–H groups in total. The molecule has 0 aliphatic carbocycles. The average Bonchev–Trinajstić information content (AvgIpc) is 2.96. The largest absolute Gasteiger partial charge is 0.444 e. The number of rotatable bonds is 5. The molecule has 3 rings (SSSR count). The number of nitrogens with one attached hydrogen (secondary N) is 2. The minimum absolute atomic E-state index is 0.175. The van der Waals surface area contributed by atoms with Crippen LogP contribution in [-0.4, -0.2) is 66.3 Å². The predicted molar refractivity (Wildman–Crippen MR) is 124 cm³/mol. The summed E-state index contributed by atoms with van der Waals surface area (Å²) in [6.45, 7) is 9.13. The molecule has 8 heteroatoms. The number of piperidine rings is 1. The molecule has 1 aromatic rings. The molecule has 0 saturated carbocycles. The van der Waals surface area contributed by atoms with E-state index in [9.17, 15) is 4.79 Å². The second kappa shape index (κ2) is 9.75. The number of amides is 1. The minimum atomic E-state index is -0.464. The number of fused-ring (bicyclic) bond motifs is 2. The molecule has 2 aliphatic rings. The summed E-state index contributed by atoms with van der Waals surface area (Å²) in [5, 5.41) is 6.94. The number of pyridine rings is 1. The van der Waals surface area contributed by atoms with Crippen molar-refractivity contribution in [3.63, 3.8) is 0 Å². The van der Waals surface area contributed by atoms with Gasteiger partial charge in [-0.15, -0.1) is 0 Å². The van der Waals surface area contributed by atoms with Gasteiger partial charge in [0, 0.05) is 38.8 Å². The summed E-state index contributed by atoms with van der Waals surface area (Å²) in [6.07, 6.45) is 3.72. The van der Waals surface area contributed by atoms with Crippen molar-refractivity contribution in [2.45, 2.75) is 83.6 Å². The number of aromatic nitrogens is 1. The third-order valence-electron chi connectivity index (χ3n) is 5.67. The van der Waals surface area contributed by atoms with Crippen LogP contribution in [0.5, 0.6) is 0 Å². The quantitative estimate of drug-likeness (QED) is 0.552. The van der Waals surface area contributed by atoms with Crippen LogP contribution in [0.2, 0.25) is 0 Å². The zero-order valence-electron chi connectivity index (χ0n) is 19.8. The second-order valence-electron chi connectivity index (χ2n) is 9.66. The Bertz CT molecular complexity index is 775. The van der Waals surface area contributed by atoms with Crippen LogP contribution in [0.4, 0.5) is 10.6 Å². The Labute approximate surface area is 186 Å². The number of ether oxygens (including phenoxy) is 1. The van der Waals surface area contributed by atoms with E-state index in [0.29, 0.717) is 6.54 Å². The third-order valence-corrected chi connectivity index (χ3v) is 5.67. The smallest absolute Gasteiger partial charge is 0.410 e. The van der Waals surface area contributed by atoms with E-state index < -0.39 is 5.60 Å². The van der Waals surface area contributed by atoms with Gasteiger partial charge >= 0.3 is 6.09 Å². The molecule has 8 nitrogen and oxygen atoms in total. The van der Waals surface area contributed by atoms with Gasteiger partial charge in [0.25, 0.3) is 0 Å². The van der Waals surface area contributed by atoms with Crippen LogP contribution in [-0.2, 0) is 11.3 Å². The summed E-state index contributed by atoms with van der Waals surface area (Å²) in [4.78, 5) is 26.1. The van der Waals surface area contributed by atoms with Crippen LogP contribution in [0.25, 0.3) is 0 Å². The lowest BCUT2D eigenvalue weighted by Gasteiger charge is -2.40. The van der Waals surface area contributed by atoms with Crippen molar-refractivity contribution in [3.05, 3.63) is 23.9 Å². The highest BCUT2D eigenvalue weighted by atomic mass is 16.6. The Kier molecular flexibility index (Phi) is 7.28. The van der Waals surface area contributed by atoms with Crippen molar-refractivity contribution < 1.29 is 9.53 Å². The third kappa shape index (κ3) is 6.24. The first-order valence-electron chi connectivity index (χ1n) is 11.4. The molecule has 0 spiro atoms. The fraction of sp³-hybridized carbons (Fsp3) is 0.696. The predicted octanol–water partition coefficient (Wildman–Crippen LogP) is 3.13. The van der Waals surface area contributed by atoms with Crippen molar-refractivity contribution in [2.75, 3.05) is 25.5 Å². The fourth-order valence-electron chi connectivity index (χ4n) is 4.39. The minimum Gasteiger partial charge on any atom is -0.444 e. The first kappa shape index (κ1) is 23.2. The molecule has 2 bridgehead atoms. The molecule has 172 valence electrons. The number of carbonyl (C=O) groups excluding carboxylic acids is 1. The molecule has 2 unspecified atom stereocenters. The Morgan fingerprint density at radius 1 is 1.26 bits per heavy atom. The van der Waals surface area contributed by atoms with Gasteiger partial charge in [-0.25, -0.2) is 14.8 Å². The molecule has 2 saturated heterocycles. The maximum Gasteiger partial charge on any atom is 0.410 e. The Morgan fingerprint density at radius 2 is 1.94 bits per heavy atom. The summed E-state index contributed by atoms with van der Waals surface area (Å²) in [5.74, 6) is 1.73. The zero-order chi connectivity index (χ0) is 22.6. The zero-order valence-corrected chi connectivity index (χ0v) is 19.8. The lowest BCUT2D eigenvalue weighted by atomic mass is 9.98. The Balaban J connectivity index is 1.62. The average molecular weight is 431 g/mol. The second-order valence-corrected chi connectivity index (χ2v) is 9.66. The highest BCUT2D eigenvalue weighted by Gasteiger charge is 2.45. The van der Waals surface area contributed by atoms with Gasteiger partial charge in [0.15, 0.2) is 5.96 Å². The molecule has 1 aromatic heterocycles. The van der Waals surface area contributed by atoms with Gasteiger partial charge < -0.3 is 25.2 Å².